The quantitative estimate of drug-likeness (QED) is 0.553. The van der Waals surface area contributed by atoms with Crippen molar-refractivity contribution in [3.63, 3.8) is 0 Å². The summed E-state index contributed by atoms with van der Waals surface area (Å²) >= 11 is 0. The molecule has 2 N–H and O–H groups in total. The minimum Gasteiger partial charge on any atom is -0.351 e. The van der Waals surface area contributed by atoms with Gasteiger partial charge in [0.15, 0.2) is 0 Å². The second-order valence-corrected chi connectivity index (χ2v) is 6.36. The van der Waals surface area contributed by atoms with E-state index < -0.39 is 0 Å². The third-order valence-electron chi connectivity index (χ3n) is 4.26. The zero-order valence-electron chi connectivity index (χ0n) is 15.1. The Morgan fingerprint density at radius 1 is 1.25 bits per heavy atom. The van der Waals surface area contributed by atoms with Crippen molar-refractivity contribution in [2.75, 3.05) is 6.54 Å². The highest BCUT2D eigenvalue weighted by atomic mass is 16.5. The molecule has 4 aromatic rings. The normalized spacial score (nSPS) is 10.9. The van der Waals surface area contributed by atoms with Gasteiger partial charge in [0, 0.05) is 47.9 Å². The maximum Gasteiger partial charge on any atom is 0.252 e. The first-order valence-corrected chi connectivity index (χ1v) is 8.75. The van der Waals surface area contributed by atoms with E-state index in [1.807, 2.05) is 25.1 Å². The van der Waals surface area contributed by atoms with Crippen molar-refractivity contribution in [3.05, 3.63) is 76.2 Å². The third kappa shape index (κ3) is 3.66. The van der Waals surface area contributed by atoms with Crippen molar-refractivity contribution in [1.29, 1.82) is 0 Å². The van der Waals surface area contributed by atoms with Crippen LogP contribution in [-0.4, -0.2) is 32.6 Å². The number of amides is 1. The Kier molecular flexibility index (Phi) is 4.67. The number of nitrogens with zero attached hydrogens (tertiary/aromatic N) is 3. The van der Waals surface area contributed by atoms with E-state index in [1.165, 1.54) is 6.07 Å². The number of aromatic nitrogens is 4. The molecule has 3 heterocycles. The lowest BCUT2D eigenvalue weighted by molar-refractivity contribution is 0.0955. The predicted octanol–water partition coefficient (Wildman–Crippen LogP) is 2.25. The van der Waals surface area contributed by atoms with Gasteiger partial charge < -0.3 is 14.8 Å². The van der Waals surface area contributed by atoms with E-state index in [1.54, 1.807) is 24.5 Å². The van der Waals surface area contributed by atoms with Crippen LogP contribution in [0.25, 0.3) is 22.3 Å². The molecule has 0 aliphatic rings. The minimum atomic E-state index is -0.325. The Bertz CT molecular complexity index is 1200. The van der Waals surface area contributed by atoms with Crippen molar-refractivity contribution in [2.45, 2.75) is 13.3 Å². The zero-order valence-corrected chi connectivity index (χ0v) is 15.1. The van der Waals surface area contributed by atoms with Crippen LogP contribution in [0.2, 0.25) is 0 Å². The molecule has 0 bridgehead atoms. The van der Waals surface area contributed by atoms with Crippen LogP contribution in [0.1, 0.15) is 21.8 Å². The molecule has 0 unspecified atom stereocenters. The van der Waals surface area contributed by atoms with Crippen LogP contribution in [0.5, 0.6) is 0 Å². The number of nitrogens with one attached hydrogen (secondary N) is 2. The van der Waals surface area contributed by atoms with Gasteiger partial charge in [0.25, 0.3) is 5.91 Å². The first-order valence-electron chi connectivity index (χ1n) is 8.75. The molecule has 0 spiro atoms. The summed E-state index contributed by atoms with van der Waals surface area (Å²) in [6.45, 7) is 2.23. The summed E-state index contributed by atoms with van der Waals surface area (Å²) in [5, 5.41) is 7.43. The van der Waals surface area contributed by atoms with Crippen molar-refractivity contribution in [2.24, 2.45) is 0 Å². The molecule has 8 nitrogen and oxygen atoms in total. The van der Waals surface area contributed by atoms with Gasteiger partial charge in [-0.15, -0.1) is 0 Å². The number of hydrogen-bond donors (Lipinski definition) is 2. The number of carbonyl (C=O) groups is 1. The standard InChI is InChI=1S/C20H17N5O3/c1-12-4-5-16-14(9-12)15(10-17(26)23-16)20(27)22-8-6-18-24-19(25-28-18)13-3-2-7-21-11-13/h2-5,7,9-11H,6,8H2,1H3,(H,22,27)(H,23,26). The Morgan fingerprint density at radius 3 is 2.96 bits per heavy atom. The Labute approximate surface area is 159 Å². The molecule has 3 aromatic heterocycles. The summed E-state index contributed by atoms with van der Waals surface area (Å²) in [7, 11) is 0. The van der Waals surface area contributed by atoms with Crippen molar-refractivity contribution in [3.8, 4) is 11.4 Å². The van der Waals surface area contributed by atoms with Crippen molar-refractivity contribution >= 4 is 16.8 Å². The van der Waals surface area contributed by atoms with Gasteiger partial charge in [-0.2, -0.15) is 4.98 Å². The topological polar surface area (TPSA) is 114 Å². The monoisotopic (exact) mass is 375 g/mol. The largest absolute Gasteiger partial charge is 0.351 e. The second-order valence-electron chi connectivity index (χ2n) is 6.36. The summed E-state index contributed by atoms with van der Waals surface area (Å²) in [6.07, 6.45) is 3.69. The van der Waals surface area contributed by atoms with Gasteiger partial charge in [0.1, 0.15) is 0 Å². The van der Waals surface area contributed by atoms with Gasteiger partial charge in [-0.25, -0.2) is 0 Å². The minimum absolute atomic E-state index is 0.299. The molecule has 8 heteroatoms. The molecule has 0 saturated heterocycles. The van der Waals surface area contributed by atoms with Crippen LogP contribution in [0, 0.1) is 6.92 Å². The number of carbonyl (C=O) groups excluding carboxylic acids is 1. The molecule has 0 aliphatic carbocycles. The van der Waals surface area contributed by atoms with Gasteiger partial charge >= 0.3 is 0 Å². The highest BCUT2D eigenvalue weighted by Gasteiger charge is 2.13. The van der Waals surface area contributed by atoms with Crippen LogP contribution >= 0.6 is 0 Å². The number of aromatic amines is 1. The van der Waals surface area contributed by atoms with Crippen LogP contribution in [0.15, 0.2) is 58.1 Å². The molecule has 0 radical (unpaired) electrons. The van der Waals surface area contributed by atoms with E-state index in [-0.39, 0.29) is 11.5 Å². The lowest BCUT2D eigenvalue weighted by Gasteiger charge is -2.07. The fourth-order valence-corrected chi connectivity index (χ4v) is 2.90. The van der Waals surface area contributed by atoms with Gasteiger partial charge in [-0.1, -0.05) is 16.8 Å². The second kappa shape index (κ2) is 7.43. The van der Waals surface area contributed by atoms with Crippen molar-refractivity contribution in [1.82, 2.24) is 25.4 Å². The zero-order chi connectivity index (χ0) is 19.5. The van der Waals surface area contributed by atoms with E-state index in [2.05, 4.69) is 25.4 Å². The fourth-order valence-electron chi connectivity index (χ4n) is 2.90. The molecule has 0 fully saturated rings. The molecule has 0 aliphatic heterocycles. The Morgan fingerprint density at radius 2 is 2.14 bits per heavy atom. The van der Waals surface area contributed by atoms with E-state index in [0.717, 1.165) is 11.1 Å². The molecule has 0 atom stereocenters. The molecule has 1 amide bonds. The van der Waals surface area contributed by atoms with Crippen LogP contribution in [0.4, 0.5) is 0 Å². The van der Waals surface area contributed by atoms with Crippen LogP contribution in [-0.2, 0) is 6.42 Å². The van der Waals surface area contributed by atoms with E-state index >= 15 is 0 Å². The highest BCUT2D eigenvalue weighted by molar-refractivity contribution is 6.06. The number of H-pyrrole nitrogens is 1. The molecular weight excluding hydrogens is 358 g/mol. The van der Waals surface area contributed by atoms with Gasteiger partial charge in [0.2, 0.25) is 17.3 Å². The average Bonchev–Trinajstić information content (AvgIpc) is 3.17. The summed E-state index contributed by atoms with van der Waals surface area (Å²) < 4.78 is 5.22. The molecule has 0 saturated carbocycles. The van der Waals surface area contributed by atoms with Gasteiger partial charge in [0.05, 0.1) is 5.56 Å². The van der Waals surface area contributed by atoms with E-state index in [4.69, 9.17) is 4.52 Å². The first kappa shape index (κ1) is 17.6. The summed E-state index contributed by atoms with van der Waals surface area (Å²) in [5.41, 5.74) is 2.40. The van der Waals surface area contributed by atoms with Crippen molar-refractivity contribution < 1.29 is 9.32 Å². The van der Waals surface area contributed by atoms with Gasteiger partial charge in [-0.3, -0.25) is 14.6 Å². The summed E-state index contributed by atoms with van der Waals surface area (Å²) in [5.74, 6) is 0.532. The molecule has 4 rings (SSSR count). The summed E-state index contributed by atoms with van der Waals surface area (Å²) in [4.78, 5) is 35.5. The van der Waals surface area contributed by atoms with E-state index in [0.29, 0.717) is 41.1 Å². The fraction of sp³-hybridized carbons (Fsp3) is 0.150. The molecule has 28 heavy (non-hydrogen) atoms. The molecular formula is C20H17N5O3. The maximum atomic E-state index is 12.6. The Hall–Kier alpha value is -3.81. The first-order chi connectivity index (χ1) is 13.6. The van der Waals surface area contributed by atoms with E-state index in [9.17, 15) is 9.59 Å². The highest BCUT2D eigenvalue weighted by Crippen LogP contribution is 2.17. The van der Waals surface area contributed by atoms with Gasteiger partial charge in [-0.05, 0) is 31.2 Å². The average molecular weight is 375 g/mol. The number of benzene rings is 1. The molecule has 140 valence electrons. The number of rotatable bonds is 5. The predicted molar refractivity (Wildman–Crippen MR) is 103 cm³/mol. The number of fused-ring (bicyclic) bond motifs is 1. The summed E-state index contributed by atoms with van der Waals surface area (Å²) in [6, 6.07) is 10.5. The SMILES string of the molecule is Cc1ccc2[nH]c(=O)cc(C(=O)NCCc3nc(-c4cccnc4)no3)c2c1. The third-order valence-corrected chi connectivity index (χ3v) is 4.26. The maximum absolute atomic E-state index is 12.6. The van der Waals surface area contributed by atoms with Crippen LogP contribution < -0.4 is 10.9 Å². The number of aryl methyl sites for hydroxylation is 1. The number of pyridine rings is 2. The smallest absolute Gasteiger partial charge is 0.252 e. The lowest BCUT2D eigenvalue weighted by atomic mass is 10.1. The number of hydrogen-bond acceptors (Lipinski definition) is 6. The Balaban J connectivity index is 1.46. The lowest BCUT2D eigenvalue weighted by Crippen LogP contribution is -2.27. The van der Waals surface area contributed by atoms with Crippen LogP contribution in [0.3, 0.4) is 0 Å². The molecule has 1 aromatic carbocycles.